The molecule has 0 aromatic heterocycles. The summed E-state index contributed by atoms with van der Waals surface area (Å²) in [5.41, 5.74) is 6.76. The molecule has 3 N–H and O–H groups in total. The number of carbonyl (C=O) groups is 1. The van der Waals surface area contributed by atoms with Crippen LogP contribution in [0, 0.1) is 11.3 Å². The van der Waals surface area contributed by atoms with Gasteiger partial charge in [-0.15, -0.1) is 0 Å². The highest BCUT2D eigenvalue weighted by Gasteiger charge is 2.11. The van der Waals surface area contributed by atoms with Crippen molar-refractivity contribution in [3.63, 3.8) is 0 Å². The van der Waals surface area contributed by atoms with Crippen molar-refractivity contribution in [2.24, 2.45) is 5.73 Å². The summed E-state index contributed by atoms with van der Waals surface area (Å²) < 4.78 is 6.36. The van der Waals surface area contributed by atoms with E-state index in [1.165, 1.54) is 0 Å². The summed E-state index contributed by atoms with van der Waals surface area (Å²) in [6.45, 7) is 2.17. The highest BCUT2D eigenvalue weighted by molar-refractivity contribution is 9.10. The van der Waals surface area contributed by atoms with Crippen molar-refractivity contribution in [1.29, 1.82) is 5.26 Å². The van der Waals surface area contributed by atoms with E-state index in [1.807, 2.05) is 31.2 Å². The quantitative estimate of drug-likeness (QED) is 0.740. The van der Waals surface area contributed by atoms with Gasteiger partial charge in [0.05, 0.1) is 17.0 Å². The Labute approximate surface area is 127 Å². The molecule has 5 nitrogen and oxygen atoms in total. The minimum Gasteiger partial charge on any atom is -0.482 e. The lowest BCUT2D eigenvalue weighted by molar-refractivity contribution is -0.123. The van der Waals surface area contributed by atoms with Crippen molar-refractivity contribution in [3.05, 3.63) is 28.2 Å². The fourth-order valence-corrected chi connectivity index (χ4v) is 2.19. The fraction of sp³-hybridized carbons (Fsp3) is 0.429. The molecule has 1 aromatic rings. The van der Waals surface area contributed by atoms with Gasteiger partial charge in [-0.05, 0) is 40.9 Å². The second-order valence-electron chi connectivity index (χ2n) is 4.46. The number of nitrogens with zero attached hydrogens (tertiary/aromatic N) is 1. The third-order valence-corrected chi connectivity index (χ3v) is 3.12. The van der Waals surface area contributed by atoms with Gasteiger partial charge in [-0.1, -0.05) is 12.1 Å². The Morgan fingerprint density at radius 3 is 3.00 bits per heavy atom. The molecule has 0 fully saturated rings. The van der Waals surface area contributed by atoms with Crippen LogP contribution in [0.2, 0.25) is 0 Å². The summed E-state index contributed by atoms with van der Waals surface area (Å²) in [6, 6.07) is 7.66. The lowest BCUT2D eigenvalue weighted by Gasteiger charge is -2.14. The Hall–Kier alpha value is -1.58. The van der Waals surface area contributed by atoms with Crippen LogP contribution < -0.4 is 15.8 Å². The largest absolute Gasteiger partial charge is 0.482 e. The smallest absolute Gasteiger partial charge is 0.257 e. The molecule has 0 bridgehead atoms. The molecular formula is C14H18BrN3O2. The van der Waals surface area contributed by atoms with E-state index >= 15 is 0 Å². The van der Waals surface area contributed by atoms with E-state index in [0.29, 0.717) is 18.7 Å². The zero-order valence-corrected chi connectivity index (χ0v) is 12.9. The zero-order valence-electron chi connectivity index (χ0n) is 11.4. The van der Waals surface area contributed by atoms with Crippen molar-refractivity contribution in [2.75, 3.05) is 13.2 Å². The van der Waals surface area contributed by atoms with E-state index in [1.54, 1.807) is 0 Å². The van der Waals surface area contributed by atoms with E-state index < -0.39 is 0 Å². The predicted molar refractivity (Wildman–Crippen MR) is 80.2 cm³/mol. The minimum atomic E-state index is -0.247. The molecule has 6 heteroatoms. The number of hydrogen-bond donors (Lipinski definition) is 2. The molecule has 0 spiro atoms. The molecule has 1 aromatic carbocycles. The Morgan fingerprint density at radius 1 is 1.60 bits per heavy atom. The molecular weight excluding hydrogens is 322 g/mol. The molecule has 20 heavy (non-hydrogen) atoms. The van der Waals surface area contributed by atoms with Gasteiger partial charge in [-0.2, -0.15) is 5.26 Å². The van der Waals surface area contributed by atoms with Crippen LogP contribution in [0.4, 0.5) is 0 Å². The topological polar surface area (TPSA) is 88.1 Å². The first-order valence-corrected chi connectivity index (χ1v) is 7.13. The van der Waals surface area contributed by atoms with Gasteiger partial charge in [0.2, 0.25) is 0 Å². The second-order valence-corrected chi connectivity index (χ2v) is 5.31. The van der Waals surface area contributed by atoms with E-state index in [9.17, 15) is 4.79 Å². The standard InChI is InChI=1S/C14H18BrN3O2/c1-10(17)8-11-4-2-5-12(15)14(11)20-9-13(19)18-7-3-6-16/h2,4-5,10H,3,7-9,17H2,1H3,(H,18,19). The van der Waals surface area contributed by atoms with Crippen LogP contribution in [0.25, 0.3) is 0 Å². The van der Waals surface area contributed by atoms with Crippen LogP contribution >= 0.6 is 15.9 Å². The number of hydrogen-bond acceptors (Lipinski definition) is 4. The minimum absolute atomic E-state index is 0.0103. The Bertz CT molecular complexity index is 498. The second kappa shape index (κ2) is 8.56. The summed E-state index contributed by atoms with van der Waals surface area (Å²) >= 11 is 3.41. The van der Waals surface area contributed by atoms with Crippen LogP contribution in [-0.2, 0) is 11.2 Å². The Kier molecular flexibility index (Phi) is 7.05. The number of halogens is 1. The van der Waals surface area contributed by atoms with Crippen molar-refractivity contribution < 1.29 is 9.53 Å². The number of ether oxygens (including phenoxy) is 1. The van der Waals surface area contributed by atoms with Crippen LogP contribution in [0.1, 0.15) is 18.9 Å². The number of nitriles is 1. The lowest BCUT2D eigenvalue weighted by Crippen LogP contribution is -2.29. The summed E-state index contributed by atoms with van der Waals surface area (Å²) in [4.78, 5) is 11.6. The van der Waals surface area contributed by atoms with Gasteiger partial charge in [0.15, 0.2) is 6.61 Å². The normalized spacial score (nSPS) is 11.5. The third-order valence-electron chi connectivity index (χ3n) is 2.50. The van der Waals surface area contributed by atoms with Crippen molar-refractivity contribution in [2.45, 2.75) is 25.8 Å². The Morgan fingerprint density at radius 2 is 2.35 bits per heavy atom. The average molecular weight is 340 g/mol. The Balaban J connectivity index is 2.62. The number of nitrogens with one attached hydrogen (secondary N) is 1. The van der Waals surface area contributed by atoms with Crippen LogP contribution in [0.15, 0.2) is 22.7 Å². The van der Waals surface area contributed by atoms with Gasteiger partial charge in [-0.25, -0.2) is 0 Å². The maximum absolute atomic E-state index is 11.6. The maximum Gasteiger partial charge on any atom is 0.257 e. The highest BCUT2D eigenvalue weighted by atomic mass is 79.9. The molecule has 0 heterocycles. The molecule has 0 aliphatic rings. The maximum atomic E-state index is 11.6. The van der Waals surface area contributed by atoms with Gasteiger partial charge >= 0.3 is 0 Å². The van der Waals surface area contributed by atoms with Crippen molar-refractivity contribution >= 4 is 21.8 Å². The third kappa shape index (κ3) is 5.59. The monoisotopic (exact) mass is 339 g/mol. The van der Waals surface area contributed by atoms with E-state index in [2.05, 4.69) is 21.2 Å². The molecule has 0 aliphatic carbocycles. The average Bonchev–Trinajstić information content (AvgIpc) is 2.37. The number of nitrogens with two attached hydrogens (primary N) is 1. The molecule has 1 unspecified atom stereocenters. The molecule has 0 radical (unpaired) electrons. The lowest BCUT2D eigenvalue weighted by atomic mass is 10.1. The van der Waals surface area contributed by atoms with Gasteiger partial charge < -0.3 is 15.8 Å². The summed E-state index contributed by atoms with van der Waals surface area (Å²) in [6.07, 6.45) is 0.960. The fourth-order valence-electron chi connectivity index (χ4n) is 1.67. The summed E-state index contributed by atoms with van der Waals surface area (Å²) in [5.74, 6) is 0.392. The van der Waals surface area contributed by atoms with E-state index in [0.717, 1.165) is 10.0 Å². The molecule has 1 atom stereocenters. The van der Waals surface area contributed by atoms with Gasteiger partial charge in [-0.3, -0.25) is 4.79 Å². The van der Waals surface area contributed by atoms with Gasteiger partial charge in [0.1, 0.15) is 5.75 Å². The first-order chi connectivity index (χ1) is 9.54. The van der Waals surface area contributed by atoms with Crippen LogP contribution in [0.5, 0.6) is 5.75 Å². The van der Waals surface area contributed by atoms with Gasteiger partial charge in [0, 0.05) is 12.6 Å². The van der Waals surface area contributed by atoms with E-state index in [4.69, 9.17) is 15.7 Å². The number of carbonyl (C=O) groups excluding carboxylic acids is 1. The molecule has 1 rings (SSSR count). The summed E-state index contributed by atoms with van der Waals surface area (Å²) in [5, 5.41) is 11.0. The first-order valence-electron chi connectivity index (χ1n) is 6.34. The number of rotatable bonds is 7. The molecule has 1 amide bonds. The van der Waals surface area contributed by atoms with Gasteiger partial charge in [0.25, 0.3) is 5.91 Å². The zero-order chi connectivity index (χ0) is 15.0. The first kappa shape index (κ1) is 16.5. The molecule has 0 saturated heterocycles. The SMILES string of the molecule is CC(N)Cc1cccc(Br)c1OCC(=O)NCCC#N. The van der Waals surface area contributed by atoms with Crippen LogP contribution in [0.3, 0.4) is 0 Å². The molecule has 108 valence electrons. The number of para-hydroxylation sites is 1. The van der Waals surface area contributed by atoms with Crippen molar-refractivity contribution in [1.82, 2.24) is 5.32 Å². The predicted octanol–water partition coefficient (Wildman–Crippen LogP) is 1.75. The van der Waals surface area contributed by atoms with Crippen LogP contribution in [-0.4, -0.2) is 25.1 Å². The number of benzene rings is 1. The number of amides is 1. The van der Waals surface area contributed by atoms with E-state index in [-0.39, 0.29) is 25.0 Å². The van der Waals surface area contributed by atoms with Crippen molar-refractivity contribution in [3.8, 4) is 11.8 Å². The highest BCUT2D eigenvalue weighted by Crippen LogP contribution is 2.29. The molecule has 0 saturated carbocycles. The molecule has 0 aliphatic heterocycles. The summed E-state index contributed by atoms with van der Waals surface area (Å²) in [7, 11) is 0.